The van der Waals surface area contributed by atoms with Crippen molar-refractivity contribution in [3.05, 3.63) is 82.9 Å². The summed E-state index contributed by atoms with van der Waals surface area (Å²) in [5, 5.41) is 19.5. The lowest BCUT2D eigenvalue weighted by Crippen LogP contribution is -2.36. The van der Waals surface area contributed by atoms with Crippen molar-refractivity contribution >= 4 is 30.3 Å². The van der Waals surface area contributed by atoms with E-state index in [1.807, 2.05) is 36.4 Å². The maximum atomic E-state index is 13.0. The molecule has 0 unspecified atom stereocenters. The van der Waals surface area contributed by atoms with Crippen LogP contribution in [-0.2, 0) is 9.47 Å². The first-order chi connectivity index (χ1) is 15.8. The molecular weight excluding hydrogens is 421 g/mol. The summed E-state index contributed by atoms with van der Waals surface area (Å²) in [5.41, 5.74) is 5.42. The number of anilines is 1. The van der Waals surface area contributed by atoms with Gasteiger partial charge in [0.15, 0.2) is 0 Å². The van der Waals surface area contributed by atoms with Crippen molar-refractivity contribution in [3.8, 4) is 11.1 Å². The average Bonchev–Trinajstić information content (AvgIpc) is 3.15. The van der Waals surface area contributed by atoms with E-state index in [4.69, 9.17) is 9.47 Å². The smallest absolute Gasteiger partial charge is 0.465 e. The van der Waals surface area contributed by atoms with Gasteiger partial charge in [-0.25, -0.2) is 9.59 Å². The quantitative estimate of drug-likeness (QED) is 0.463. The molecule has 7 nitrogen and oxygen atoms in total. The summed E-state index contributed by atoms with van der Waals surface area (Å²) in [6.07, 6.45) is -0.625. The van der Waals surface area contributed by atoms with Gasteiger partial charge in [-0.2, -0.15) is 0 Å². The molecule has 0 spiro atoms. The predicted octanol–water partition coefficient (Wildman–Crippen LogP) is 2.85. The standard InChI is InChI=1S/C25H24BNO6/c1-15-22(26(30)31)12-16(24(28)32-3)13-23(15)27(2)25(29)33-14-21-19-10-6-4-8-17(19)18-9-5-7-11-20(18)21/h4-13,21,30-31H,14H2,1-3H3. The Labute approximate surface area is 192 Å². The van der Waals surface area contributed by atoms with Gasteiger partial charge in [0.25, 0.3) is 0 Å². The molecular formula is C25H24BNO6. The van der Waals surface area contributed by atoms with Crippen LogP contribution < -0.4 is 10.4 Å². The SMILES string of the molecule is COC(=O)c1cc(B(O)O)c(C)c(N(C)C(=O)OCC2c3ccccc3-c3ccccc32)c1. The lowest BCUT2D eigenvalue weighted by atomic mass is 9.76. The van der Waals surface area contributed by atoms with Crippen LogP contribution in [0, 0.1) is 6.92 Å². The Hall–Kier alpha value is -3.62. The number of fused-ring (bicyclic) bond motifs is 3. The molecule has 0 saturated carbocycles. The summed E-state index contributed by atoms with van der Waals surface area (Å²) in [7, 11) is 0.923. The number of ether oxygens (including phenoxy) is 2. The fourth-order valence-corrected chi connectivity index (χ4v) is 4.36. The van der Waals surface area contributed by atoms with Gasteiger partial charge in [-0.3, -0.25) is 4.90 Å². The Balaban J connectivity index is 1.59. The van der Waals surface area contributed by atoms with Crippen LogP contribution in [0.2, 0.25) is 0 Å². The van der Waals surface area contributed by atoms with E-state index in [2.05, 4.69) is 12.1 Å². The zero-order chi connectivity index (χ0) is 23.7. The molecule has 168 valence electrons. The van der Waals surface area contributed by atoms with Crippen molar-refractivity contribution in [3.63, 3.8) is 0 Å². The van der Waals surface area contributed by atoms with Gasteiger partial charge in [0.1, 0.15) is 6.61 Å². The number of rotatable bonds is 5. The molecule has 1 aliphatic rings. The summed E-state index contributed by atoms with van der Waals surface area (Å²) in [4.78, 5) is 26.3. The number of hydrogen-bond donors (Lipinski definition) is 2. The molecule has 4 rings (SSSR count). The van der Waals surface area contributed by atoms with E-state index < -0.39 is 19.2 Å². The molecule has 0 aliphatic heterocycles. The van der Waals surface area contributed by atoms with E-state index in [1.165, 1.54) is 31.2 Å². The summed E-state index contributed by atoms with van der Waals surface area (Å²) < 4.78 is 10.4. The molecule has 1 amide bonds. The summed E-state index contributed by atoms with van der Waals surface area (Å²) in [6.45, 7) is 1.78. The highest BCUT2D eigenvalue weighted by atomic mass is 16.6. The van der Waals surface area contributed by atoms with Crippen molar-refractivity contribution in [1.82, 2.24) is 0 Å². The van der Waals surface area contributed by atoms with Crippen LogP contribution >= 0.6 is 0 Å². The number of carbonyl (C=O) groups is 2. The lowest BCUT2D eigenvalue weighted by molar-refractivity contribution is 0.0600. The molecule has 8 heteroatoms. The molecule has 3 aromatic carbocycles. The van der Waals surface area contributed by atoms with E-state index in [-0.39, 0.29) is 23.6 Å². The lowest BCUT2D eigenvalue weighted by Gasteiger charge is -2.23. The van der Waals surface area contributed by atoms with E-state index in [0.717, 1.165) is 22.3 Å². The molecule has 0 aromatic heterocycles. The van der Waals surface area contributed by atoms with Gasteiger partial charge in [0.05, 0.1) is 18.4 Å². The van der Waals surface area contributed by atoms with Crippen molar-refractivity contribution < 1.29 is 29.1 Å². The third-order valence-electron chi connectivity index (χ3n) is 6.09. The number of carbonyl (C=O) groups excluding carboxylic acids is 2. The maximum absolute atomic E-state index is 13.0. The predicted molar refractivity (Wildman–Crippen MR) is 126 cm³/mol. The molecule has 0 bridgehead atoms. The molecule has 0 heterocycles. The Bertz CT molecular complexity index is 1180. The highest BCUT2D eigenvalue weighted by Crippen LogP contribution is 2.44. The number of hydrogen-bond acceptors (Lipinski definition) is 6. The molecule has 1 aliphatic carbocycles. The third-order valence-corrected chi connectivity index (χ3v) is 6.09. The van der Waals surface area contributed by atoms with E-state index in [0.29, 0.717) is 11.3 Å². The van der Waals surface area contributed by atoms with Gasteiger partial charge >= 0.3 is 19.2 Å². The zero-order valence-electron chi connectivity index (χ0n) is 18.6. The number of amides is 1. The molecule has 2 N–H and O–H groups in total. The van der Waals surface area contributed by atoms with E-state index in [1.54, 1.807) is 6.92 Å². The topological polar surface area (TPSA) is 96.3 Å². The van der Waals surface area contributed by atoms with Crippen molar-refractivity contribution in [2.45, 2.75) is 12.8 Å². The molecule has 0 fully saturated rings. The van der Waals surface area contributed by atoms with Crippen LogP contribution in [0.15, 0.2) is 60.7 Å². The summed E-state index contributed by atoms with van der Waals surface area (Å²) in [5.74, 6) is -0.744. The minimum atomic E-state index is -1.82. The largest absolute Gasteiger partial charge is 0.488 e. The molecule has 33 heavy (non-hydrogen) atoms. The zero-order valence-corrected chi connectivity index (χ0v) is 18.6. The van der Waals surface area contributed by atoms with Crippen LogP contribution in [0.25, 0.3) is 11.1 Å². The number of methoxy groups -OCH3 is 1. The van der Waals surface area contributed by atoms with Crippen LogP contribution in [0.5, 0.6) is 0 Å². The van der Waals surface area contributed by atoms with Crippen LogP contribution in [0.1, 0.15) is 33.0 Å². The average molecular weight is 445 g/mol. The Morgan fingerprint density at radius 2 is 1.58 bits per heavy atom. The van der Waals surface area contributed by atoms with Crippen molar-refractivity contribution in [1.29, 1.82) is 0 Å². The number of esters is 1. The maximum Gasteiger partial charge on any atom is 0.488 e. The Morgan fingerprint density at radius 1 is 1.00 bits per heavy atom. The minimum Gasteiger partial charge on any atom is -0.465 e. The Kier molecular flexibility index (Phi) is 6.22. The first-order valence-electron chi connectivity index (χ1n) is 10.5. The van der Waals surface area contributed by atoms with Crippen LogP contribution in [-0.4, -0.2) is 50.0 Å². The first kappa shape index (κ1) is 22.6. The second-order valence-corrected chi connectivity index (χ2v) is 7.94. The fraction of sp³-hybridized carbons (Fsp3) is 0.200. The van der Waals surface area contributed by atoms with Crippen molar-refractivity contribution in [2.75, 3.05) is 25.7 Å². The van der Waals surface area contributed by atoms with E-state index >= 15 is 0 Å². The molecule has 0 radical (unpaired) electrons. The van der Waals surface area contributed by atoms with Gasteiger partial charge in [0.2, 0.25) is 0 Å². The molecule has 0 atom stereocenters. The molecule has 0 saturated heterocycles. The number of nitrogens with zero attached hydrogens (tertiary/aromatic N) is 1. The number of benzene rings is 3. The third kappa shape index (κ3) is 4.10. The van der Waals surface area contributed by atoms with Crippen LogP contribution in [0.4, 0.5) is 10.5 Å². The molecule has 3 aromatic rings. The highest BCUT2D eigenvalue weighted by Gasteiger charge is 2.30. The Morgan fingerprint density at radius 3 is 2.12 bits per heavy atom. The van der Waals surface area contributed by atoms with Gasteiger partial charge < -0.3 is 19.5 Å². The monoisotopic (exact) mass is 445 g/mol. The first-order valence-corrected chi connectivity index (χ1v) is 10.5. The second kappa shape index (κ2) is 9.09. The summed E-state index contributed by atoms with van der Waals surface area (Å²) >= 11 is 0. The van der Waals surface area contributed by atoms with Gasteiger partial charge in [-0.05, 0) is 52.3 Å². The second-order valence-electron chi connectivity index (χ2n) is 7.94. The van der Waals surface area contributed by atoms with Gasteiger partial charge in [0, 0.05) is 13.0 Å². The summed E-state index contributed by atoms with van der Waals surface area (Å²) in [6, 6.07) is 18.9. The highest BCUT2D eigenvalue weighted by molar-refractivity contribution is 6.59. The van der Waals surface area contributed by atoms with Crippen LogP contribution in [0.3, 0.4) is 0 Å². The van der Waals surface area contributed by atoms with Gasteiger partial charge in [-0.15, -0.1) is 0 Å². The normalized spacial score (nSPS) is 12.0. The fourth-order valence-electron chi connectivity index (χ4n) is 4.36. The van der Waals surface area contributed by atoms with Gasteiger partial charge in [-0.1, -0.05) is 48.5 Å². The van der Waals surface area contributed by atoms with E-state index in [9.17, 15) is 19.6 Å². The minimum absolute atomic E-state index is 0.0907. The van der Waals surface area contributed by atoms with Crippen molar-refractivity contribution in [2.24, 2.45) is 0 Å².